The van der Waals surface area contributed by atoms with Gasteiger partial charge in [0, 0.05) is 17.8 Å². The van der Waals surface area contributed by atoms with E-state index in [-0.39, 0.29) is 23.8 Å². The van der Waals surface area contributed by atoms with Crippen LogP contribution in [0.4, 0.5) is 5.69 Å². The number of imide groups is 1. The van der Waals surface area contributed by atoms with E-state index < -0.39 is 0 Å². The van der Waals surface area contributed by atoms with Crippen LogP contribution in [0.2, 0.25) is 0 Å². The summed E-state index contributed by atoms with van der Waals surface area (Å²) in [5.74, 6) is -0.828. The van der Waals surface area contributed by atoms with Crippen molar-refractivity contribution in [1.82, 2.24) is 10.2 Å². The smallest absolute Gasteiger partial charge is 0.261 e. The molecule has 2 aliphatic rings. The summed E-state index contributed by atoms with van der Waals surface area (Å²) >= 11 is 0. The monoisotopic (exact) mass is 391 g/mol. The second-order valence-electron chi connectivity index (χ2n) is 7.75. The predicted molar refractivity (Wildman–Crippen MR) is 111 cm³/mol. The Bertz CT molecular complexity index is 999. The Labute approximate surface area is 170 Å². The van der Waals surface area contributed by atoms with Crippen molar-refractivity contribution in [3.05, 3.63) is 64.2 Å². The van der Waals surface area contributed by atoms with Crippen molar-refractivity contribution in [2.24, 2.45) is 0 Å². The number of nitrogen functional groups attached to an aromatic ring is 1. The first-order chi connectivity index (χ1) is 14.0. The summed E-state index contributed by atoms with van der Waals surface area (Å²) in [7, 11) is 0. The van der Waals surface area contributed by atoms with E-state index in [0.29, 0.717) is 23.2 Å². The highest BCUT2D eigenvalue weighted by atomic mass is 16.2. The molecule has 1 aliphatic heterocycles. The van der Waals surface area contributed by atoms with Gasteiger partial charge >= 0.3 is 0 Å². The Morgan fingerprint density at radius 3 is 2.72 bits per heavy atom. The molecule has 0 saturated carbocycles. The second-order valence-corrected chi connectivity index (χ2v) is 7.75. The molecule has 0 saturated heterocycles. The molecule has 0 fully saturated rings. The number of nitrogens with two attached hydrogens (primary N) is 1. The number of rotatable bonds is 5. The summed E-state index contributed by atoms with van der Waals surface area (Å²) in [6, 6.07) is 10.5. The first kappa shape index (κ1) is 19.2. The van der Waals surface area contributed by atoms with E-state index in [4.69, 9.17) is 5.73 Å². The van der Waals surface area contributed by atoms with Crippen LogP contribution in [0.1, 0.15) is 80.8 Å². The van der Waals surface area contributed by atoms with Crippen molar-refractivity contribution < 1.29 is 14.4 Å². The van der Waals surface area contributed by atoms with Crippen LogP contribution in [0.15, 0.2) is 36.4 Å². The number of fused-ring (bicyclic) bond motifs is 2. The van der Waals surface area contributed by atoms with Crippen LogP contribution in [0.3, 0.4) is 0 Å². The average molecular weight is 391 g/mol. The molecule has 150 valence electrons. The number of hydrogen-bond donors (Lipinski definition) is 2. The number of benzene rings is 2. The maximum atomic E-state index is 12.9. The highest BCUT2D eigenvalue weighted by Crippen LogP contribution is 2.31. The van der Waals surface area contributed by atoms with Gasteiger partial charge in [-0.1, -0.05) is 19.4 Å². The second kappa shape index (κ2) is 7.70. The lowest BCUT2D eigenvalue weighted by Gasteiger charge is -2.26. The number of carbonyl (C=O) groups excluding carboxylic acids is 3. The van der Waals surface area contributed by atoms with E-state index in [1.54, 1.807) is 18.2 Å². The standard InChI is InChI=1S/C23H25N3O3/c1-2-3-11-26-22(28)18-9-7-15(13-19(18)23(26)29)21(27)25-20-6-4-5-14-12-16(24)8-10-17(14)20/h7-10,12-13,20H,2-6,11,24H2,1H3,(H,25,27). The van der Waals surface area contributed by atoms with Crippen molar-refractivity contribution in [3.8, 4) is 0 Å². The van der Waals surface area contributed by atoms with Crippen molar-refractivity contribution in [3.63, 3.8) is 0 Å². The normalized spacial score (nSPS) is 17.8. The van der Waals surface area contributed by atoms with Crippen molar-refractivity contribution >= 4 is 23.4 Å². The molecule has 2 aromatic carbocycles. The highest BCUT2D eigenvalue weighted by molar-refractivity contribution is 6.22. The van der Waals surface area contributed by atoms with Gasteiger partial charge in [-0.25, -0.2) is 0 Å². The topological polar surface area (TPSA) is 92.5 Å². The summed E-state index contributed by atoms with van der Waals surface area (Å²) in [6.45, 7) is 2.42. The minimum absolute atomic E-state index is 0.0847. The number of amides is 3. The van der Waals surface area contributed by atoms with Gasteiger partial charge in [0.2, 0.25) is 0 Å². The summed E-state index contributed by atoms with van der Waals surface area (Å²) in [5.41, 5.74) is 9.96. The zero-order valence-corrected chi connectivity index (χ0v) is 16.5. The number of aryl methyl sites for hydroxylation is 1. The molecular formula is C23H25N3O3. The first-order valence-corrected chi connectivity index (χ1v) is 10.2. The van der Waals surface area contributed by atoms with Gasteiger partial charge in [0.25, 0.3) is 17.7 Å². The van der Waals surface area contributed by atoms with Crippen molar-refractivity contribution in [2.75, 3.05) is 12.3 Å². The molecule has 29 heavy (non-hydrogen) atoms. The zero-order valence-electron chi connectivity index (χ0n) is 16.5. The van der Waals surface area contributed by atoms with Gasteiger partial charge in [0.05, 0.1) is 17.2 Å². The molecule has 0 aromatic heterocycles. The Hall–Kier alpha value is -3.15. The number of hydrogen-bond acceptors (Lipinski definition) is 4. The molecule has 1 heterocycles. The molecule has 0 radical (unpaired) electrons. The minimum atomic E-state index is -0.313. The molecule has 1 atom stereocenters. The molecule has 1 unspecified atom stereocenters. The van der Waals surface area contributed by atoms with Crippen LogP contribution in [-0.4, -0.2) is 29.2 Å². The largest absolute Gasteiger partial charge is 0.399 e. The lowest BCUT2D eigenvalue weighted by Crippen LogP contribution is -2.31. The lowest BCUT2D eigenvalue weighted by molar-refractivity contribution is 0.0652. The molecule has 4 rings (SSSR count). The Morgan fingerprint density at radius 2 is 1.93 bits per heavy atom. The predicted octanol–water partition coefficient (Wildman–Crippen LogP) is 3.47. The van der Waals surface area contributed by atoms with Crippen molar-refractivity contribution in [2.45, 2.75) is 45.1 Å². The summed E-state index contributed by atoms with van der Waals surface area (Å²) in [5, 5.41) is 3.08. The van der Waals surface area contributed by atoms with Crippen LogP contribution in [0, 0.1) is 0 Å². The van der Waals surface area contributed by atoms with Gasteiger partial charge < -0.3 is 11.1 Å². The molecule has 0 bridgehead atoms. The maximum Gasteiger partial charge on any atom is 0.261 e. The van der Waals surface area contributed by atoms with Crippen LogP contribution in [0.5, 0.6) is 0 Å². The van der Waals surface area contributed by atoms with Gasteiger partial charge in [0.1, 0.15) is 0 Å². The van der Waals surface area contributed by atoms with Gasteiger partial charge in [0.15, 0.2) is 0 Å². The van der Waals surface area contributed by atoms with Crippen LogP contribution in [-0.2, 0) is 6.42 Å². The average Bonchev–Trinajstić information content (AvgIpc) is 2.96. The summed E-state index contributed by atoms with van der Waals surface area (Å²) < 4.78 is 0. The Kier molecular flexibility index (Phi) is 5.09. The fraction of sp³-hybridized carbons (Fsp3) is 0.348. The third kappa shape index (κ3) is 3.50. The zero-order chi connectivity index (χ0) is 20.5. The minimum Gasteiger partial charge on any atom is -0.399 e. The summed E-state index contributed by atoms with van der Waals surface area (Å²) in [6.07, 6.45) is 4.45. The molecule has 3 amide bonds. The SMILES string of the molecule is CCCCN1C(=O)c2ccc(C(=O)NC3CCCc4cc(N)ccc43)cc2C1=O. The number of anilines is 1. The fourth-order valence-electron chi connectivity index (χ4n) is 4.18. The van der Waals surface area contributed by atoms with E-state index in [2.05, 4.69) is 5.32 Å². The lowest BCUT2D eigenvalue weighted by atomic mass is 9.87. The fourth-order valence-corrected chi connectivity index (χ4v) is 4.18. The van der Waals surface area contributed by atoms with E-state index >= 15 is 0 Å². The van der Waals surface area contributed by atoms with Crippen LogP contribution < -0.4 is 11.1 Å². The molecule has 3 N–H and O–H groups in total. The molecule has 1 aliphatic carbocycles. The molecule has 2 aromatic rings. The van der Waals surface area contributed by atoms with Crippen molar-refractivity contribution in [1.29, 1.82) is 0 Å². The number of unbranched alkanes of at least 4 members (excludes halogenated alkanes) is 1. The number of nitrogens with one attached hydrogen (secondary N) is 1. The maximum absolute atomic E-state index is 12.9. The van der Waals surface area contributed by atoms with E-state index in [0.717, 1.165) is 43.4 Å². The molecule has 6 heteroatoms. The molecule has 0 spiro atoms. The third-order valence-corrected chi connectivity index (χ3v) is 5.75. The van der Waals surface area contributed by atoms with Crippen LogP contribution >= 0.6 is 0 Å². The van der Waals surface area contributed by atoms with Crippen LogP contribution in [0.25, 0.3) is 0 Å². The van der Waals surface area contributed by atoms with Gasteiger partial charge in [-0.15, -0.1) is 0 Å². The third-order valence-electron chi connectivity index (χ3n) is 5.75. The highest BCUT2D eigenvalue weighted by Gasteiger charge is 2.35. The van der Waals surface area contributed by atoms with E-state index in [1.807, 2.05) is 25.1 Å². The van der Waals surface area contributed by atoms with E-state index in [1.165, 1.54) is 10.5 Å². The Morgan fingerprint density at radius 1 is 1.14 bits per heavy atom. The Balaban J connectivity index is 1.54. The van der Waals surface area contributed by atoms with Gasteiger partial charge in [-0.2, -0.15) is 0 Å². The van der Waals surface area contributed by atoms with Gasteiger partial charge in [-0.05, 0) is 67.1 Å². The molecule has 6 nitrogen and oxygen atoms in total. The van der Waals surface area contributed by atoms with Gasteiger partial charge in [-0.3, -0.25) is 19.3 Å². The van der Waals surface area contributed by atoms with E-state index in [9.17, 15) is 14.4 Å². The first-order valence-electron chi connectivity index (χ1n) is 10.2. The quantitative estimate of drug-likeness (QED) is 0.603. The molecular weight excluding hydrogens is 366 g/mol. The number of carbonyl (C=O) groups is 3. The number of nitrogens with zero attached hydrogens (tertiary/aromatic N) is 1. The summed E-state index contributed by atoms with van der Waals surface area (Å²) in [4.78, 5) is 39.3.